The molecule has 2 saturated carbocycles. The van der Waals surface area contributed by atoms with Crippen molar-refractivity contribution in [1.29, 1.82) is 0 Å². The van der Waals surface area contributed by atoms with Crippen LogP contribution in [-0.2, 0) is 20.4 Å². The fraction of sp³-hybridized carbons (Fsp3) is 0.444. The number of hydrogen-bond acceptors (Lipinski definition) is 9. The average Bonchev–Trinajstić information content (AvgIpc) is 3.91. The number of likely N-dealkylation sites (N-methyl/N-ethyl adjacent to an activating group) is 2. The first-order chi connectivity index (χ1) is 22.8. The Kier molecular flexibility index (Phi) is 7.66. The van der Waals surface area contributed by atoms with Gasteiger partial charge in [-0.05, 0) is 86.1 Å². The molecule has 2 aliphatic heterocycles. The lowest BCUT2D eigenvalue weighted by molar-refractivity contribution is -0.122. The molecule has 5 heterocycles. The molecule has 0 unspecified atom stereocenters. The minimum absolute atomic E-state index is 0.0383. The van der Waals surface area contributed by atoms with Gasteiger partial charge < -0.3 is 0 Å². The monoisotopic (exact) mass is 750 g/mol. The first-order valence-electron chi connectivity index (χ1n) is 16.8. The molecule has 0 bridgehead atoms. The van der Waals surface area contributed by atoms with E-state index in [-0.39, 0.29) is 22.6 Å². The van der Waals surface area contributed by atoms with Crippen LogP contribution in [0.3, 0.4) is 0 Å². The number of thiophene rings is 3. The topological polar surface area (TPSA) is 40.6 Å². The van der Waals surface area contributed by atoms with Crippen LogP contribution in [0.5, 0.6) is 0 Å². The highest BCUT2D eigenvalue weighted by Gasteiger charge is 2.56. The maximum Gasteiger partial charge on any atom is 0.266 e. The van der Waals surface area contributed by atoms with Gasteiger partial charge in [0.15, 0.2) is 0 Å². The van der Waals surface area contributed by atoms with Crippen LogP contribution in [0, 0.1) is 0 Å². The van der Waals surface area contributed by atoms with Crippen LogP contribution in [0.2, 0.25) is 0 Å². The normalized spacial score (nSPS) is 24.0. The summed E-state index contributed by atoms with van der Waals surface area (Å²) in [6.45, 7) is 5.19. The number of nitrogens with zero attached hydrogens (tertiary/aromatic N) is 2. The molecule has 0 aromatic carbocycles. The van der Waals surface area contributed by atoms with Crippen LogP contribution in [0.1, 0.15) is 110 Å². The van der Waals surface area contributed by atoms with Crippen LogP contribution < -0.4 is 0 Å². The third kappa shape index (κ3) is 4.42. The number of hydrogen-bond donors (Lipinski definition) is 0. The molecule has 2 saturated heterocycles. The van der Waals surface area contributed by atoms with Crippen molar-refractivity contribution in [1.82, 2.24) is 9.80 Å². The van der Waals surface area contributed by atoms with Crippen molar-refractivity contribution in [3.05, 3.63) is 54.0 Å². The Morgan fingerprint density at radius 2 is 1.04 bits per heavy atom. The zero-order valence-corrected chi connectivity index (χ0v) is 32.1. The minimum atomic E-state index is 0.0383. The molecular formula is C36H34N2O2S7. The number of thiocarbonyl (C=S) groups is 2. The third-order valence-electron chi connectivity index (χ3n) is 11.2. The van der Waals surface area contributed by atoms with E-state index in [2.05, 4.69) is 24.3 Å². The fourth-order valence-electron chi connectivity index (χ4n) is 9.10. The van der Waals surface area contributed by atoms with Gasteiger partial charge in [0.1, 0.15) is 8.64 Å². The second-order valence-corrected chi connectivity index (χ2v) is 20.0. The second-order valence-electron chi connectivity index (χ2n) is 13.4. The number of fused-ring (bicyclic) bond motifs is 11. The van der Waals surface area contributed by atoms with Gasteiger partial charge in [0, 0.05) is 53.2 Å². The van der Waals surface area contributed by atoms with E-state index in [0.29, 0.717) is 21.7 Å². The van der Waals surface area contributed by atoms with Crippen molar-refractivity contribution >= 4 is 115 Å². The van der Waals surface area contributed by atoms with Gasteiger partial charge in [-0.2, -0.15) is 0 Å². The van der Waals surface area contributed by atoms with Gasteiger partial charge in [-0.15, -0.1) is 34.0 Å². The Morgan fingerprint density at radius 1 is 0.638 bits per heavy atom. The van der Waals surface area contributed by atoms with Crippen molar-refractivity contribution < 1.29 is 9.59 Å². The lowest BCUT2D eigenvalue weighted by Crippen LogP contribution is -2.34. The molecule has 2 amide bonds. The molecule has 0 atom stereocenters. The summed E-state index contributed by atoms with van der Waals surface area (Å²) in [5.74, 6) is 0.0767. The predicted octanol–water partition coefficient (Wildman–Crippen LogP) is 10.8. The Balaban J connectivity index is 1.19. The van der Waals surface area contributed by atoms with Crippen LogP contribution >= 0.6 is 82.0 Å². The minimum Gasteiger partial charge on any atom is -0.293 e. The molecule has 3 aromatic rings. The number of rotatable bonds is 4. The quantitative estimate of drug-likeness (QED) is 0.195. The molecule has 0 N–H and O–H groups in total. The van der Waals surface area contributed by atoms with Gasteiger partial charge in [0.25, 0.3) is 11.8 Å². The molecule has 11 heteroatoms. The van der Waals surface area contributed by atoms with E-state index >= 15 is 0 Å². The first-order valence-corrected chi connectivity index (χ1v) is 21.7. The highest BCUT2D eigenvalue weighted by Crippen LogP contribution is 2.70. The Bertz CT molecular complexity index is 1840. The summed E-state index contributed by atoms with van der Waals surface area (Å²) in [7, 11) is 0. The molecule has 47 heavy (non-hydrogen) atoms. The molecule has 2 spiro atoms. The van der Waals surface area contributed by atoms with Gasteiger partial charge in [0.05, 0.1) is 9.81 Å². The Hall–Kier alpha value is -1.60. The Morgan fingerprint density at radius 3 is 1.40 bits per heavy atom. The molecular weight excluding hydrogens is 717 g/mol. The molecule has 4 fully saturated rings. The molecule has 0 radical (unpaired) electrons. The lowest BCUT2D eigenvalue weighted by atomic mass is 9.61. The second kappa shape index (κ2) is 11.5. The number of carbonyl (C=O) groups is 2. The summed E-state index contributed by atoms with van der Waals surface area (Å²) in [6.07, 6.45) is 16.7. The maximum absolute atomic E-state index is 13.1. The zero-order chi connectivity index (χ0) is 32.2. The van der Waals surface area contributed by atoms with Crippen molar-refractivity contribution in [2.45, 2.75) is 88.9 Å². The van der Waals surface area contributed by atoms with E-state index in [4.69, 9.17) is 24.4 Å². The summed E-state index contributed by atoms with van der Waals surface area (Å²) < 4.78 is 1.32. The van der Waals surface area contributed by atoms with E-state index < -0.39 is 0 Å². The molecule has 9 rings (SSSR count). The number of thioether (sulfide) groups is 2. The van der Waals surface area contributed by atoms with Gasteiger partial charge >= 0.3 is 0 Å². The molecule has 6 aliphatic rings. The van der Waals surface area contributed by atoms with E-state index in [1.807, 2.05) is 47.9 Å². The van der Waals surface area contributed by atoms with Gasteiger partial charge in [-0.25, -0.2) is 0 Å². The average molecular weight is 751 g/mol. The maximum atomic E-state index is 13.1. The summed E-state index contributed by atoms with van der Waals surface area (Å²) in [4.78, 5) is 39.3. The summed E-state index contributed by atoms with van der Waals surface area (Å²) >= 11 is 19.7. The van der Waals surface area contributed by atoms with E-state index in [0.717, 1.165) is 9.81 Å². The van der Waals surface area contributed by atoms with Gasteiger partial charge in [-0.1, -0.05) is 86.5 Å². The summed E-state index contributed by atoms with van der Waals surface area (Å²) in [6, 6.07) is 4.87. The summed E-state index contributed by atoms with van der Waals surface area (Å²) in [5, 5.41) is 0. The van der Waals surface area contributed by atoms with E-state index in [9.17, 15) is 9.59 Å². The van der Waals surface area contributed by atoms with Crippen molar-refractivity contribution in [2.24, 2.45) is 0 Å². The van der Waals surface area contributed by atoms with Crippen LogP contribution in [-0.4, -0.2) is 43.3 Å². The van der Waals surface area contributed by atoms with Crippen LogP contribution in [0.4, 0.5) is 0 Å². The molecule has 4 aliphatic carbocycles. The molecule has 3 aromatic heterocycles. The smallest absolute Gasteiger partial charge is 0.266 e. The highest BCUT2D eigenvalue weighted by atomic mass is 32.2. The number of carbonyl (C=O) groups excluding carboxylic acids is 2. The van der Waals surface area contributed by atoms with Gasteiger partial charge in [0.2, 0.25) is 0 Å². The predicted molar refractivity (Wildman–Crippen MR) is 210 cm³/mol. The van der Waals surface area contributed by atoms with E-state index in [1.165, 1.54) is 128 Å². The lowest BCUT2D eigenvalue weighted by Gasteiger charge is -2.41. The number of amides is 2. The standard InChI is InChI=1S/C36H34N2O2S7/c1-3-37-31(39)23(45-33(37)41)17-19-15-21-27(43-19)29-25(35(21)11-7-5-8-12-35)26-30(47-29)28-22(36(26)13-9-6-10-14-36)16-20(44-28)18-24-32(40)38(4-2)34(42)46-24/h15-18H,3-14H2,1-2H3/b23-17-,24-18-. The summed E-state index contributed by atoms with van der Waals surface area (Å²) in [5.41, 5.74) is 6.49. The molecule has 242 valence electrons. The van der Waals surface area contributed by atoms with E-state index in [1.54, 1.807) is 20.9 Å². The van der Waals surface area contributed by atoms with Gasteiger partial charge in [-0.3, -0.25) is 19.4 Å². The highest BCUT2D eigenvalue weighted by molar-refractivity contribution is 8.27. The van der Waals surface area contributed by atoms with Crippen molar-refractivity contribution in [3.63, 3.8) is 0 Å². The molecule has 4 nitrogen and oxygen atoms in total. The van der Waals surface area contributed by atoms with Crippen molar-refractivity contribution in [2.75, 3.05) is 13.1 Å². The van der Waals surface area contributed by atoms with Crippen LogP contribution in [0.25, 0.3) is 31.7 Å². The SMILES string of the molecule is CCN1C(=O)/C(=C/c2cc3c(s2)-c2sc4c(c2C32CCCCC2)C2(CCCCC2)c2cc(/C=C3\SC(=S)N(CC)C3=O)sc2-4)SC1=S. The first kappa shape index (κ1) is 31.4. The fourth-order valence-corrected chi connectivity index (χ4v) is 16.2. The van der Waals surface area contributed by atoms with Crippen LogP contribution in [0.15, 0.2) is 21.9 Å². The Labute approximate surface area is 307 Å². The van der Waals surface area contributed by atoms with Crippen molar-refractivity contribution in [3.8, 4) is 19.5 Å². The largest absolute Gasteiger partial charge is 0.293 e. The zero-order valence-electron chi connectivity index (χ0n) is 26.4. The third-order valence-corrected chi connectivity index (χ3v) is 17.6.